The van der Waals surface area contributed by atoms with Gasteiger partial charge in [0, 0.05) is 16.8 Å². The number of aromatic amines is 1. The van der Waals surface area contributed by atoms with Gasteiger partial charge in [-0.25, -0.2) is 4.98 Å². The Morgan fingerprint density at radius 2 is 1.92 bits per heavy atom. The molecule has 0 saturated heterocycles. The highest BCUT2D eigenvalue weighted by atomic mass is 35.5. The third-order valence-corrected chi connectivity index (χ3v) is 4.58. The number of carbonyl (C=O) groups excluding carboxylic acids is 1. The molecular weight excluding hydrogens is 393 g/mol. The molecule has 1 aromatic carbocycles. The van der Waals surface area contributed by atoms with Crippen LogP contribution in [-0.2, 0) is 11.2 Å². The van der Waals surface area contributed by atoms with Crippen LogP contribution < -0.4 is 10.9 Å². The zero-order valence-electron chi connectivity index (χ0n) is 12.7. The normalized spacial score (nSPS) is 10.7. The van der Waals surface area contributed by atoms with Gasteiger partial charge in [0.2, 0.25) is 5.91 Å². The minimum atomic E-state index is -0.324. The van der Waals surface area contributed by atoms with Gasteiger partial charge in [-0.05, 0) is 18.6 Å². The Morgan fingerprint density at radius 1 is 1.25 bits per heavy atom. The summed E-state index contributed by atoms with van der Waals surface area (Å²) in [6, 6.07) is 4.44. The van der Waals surface area contributed by atoms with Gasteiger partial charge in [0.1, 0.15) is 0 Å². The summed E-state index contributed by atoms with van der Waals surface area (Å²) in [6.45, 7) is 2.00. The molecule has 1 aromatic heterocycles. The smallest absolute Gasteiger partial charge is 0.251 e. The van der Waals surface area contributed by atoms with Crippen molar-refractivity contribution < 1.29 is 4.79 Å². The SMILES string of the molecule is CCCc1cc(=O)[nH]c(SCC(=O)Nc2c(Cl)cc(Cl)cc2Cl)n1. The second-order valence-electron chi connectivity index (χ2n) is 4.87. The molecule has 0 bridgehead atoms. The highest BCUT2D eigenvalue weighted by Gasteiger charge is 2.12. The van der Waals surface area contributed by atoms with E-state index >= 15 is 0 Å². The Hall–Kier alpha value is -1.21. The third-order valence-electron chi connectivity index (χ3n) is 2.89. The topological polar surface area (TPSA) is 74.8 Å². The highest BCUT2D eigenvalue weighted by molar-refractivity contribution is 7.99. The predicted molar refractivity (Wildman–Crippen MR) is 99.7 cm³/mol. The van der Waals surface area contributed by atoms with Crippen molar-refractivity contribution in [3.63, 3.8) is 0 Å². The van der Waals surface area contributed by atoms with Gasteiger partial charge in [0.05, 0.1) is 21.5 Å². The van der Waals surface area contributed by atoms with Crippen LogP contribution in [0.5, 0.6) is 0 Å². The zero-order chi connectivity index (χ0) is 17.7. The molecule has 128 valence electrons. The number of thioether (sulfide) groups is 1. The van der Waals surface area contributed by atoms with Crippen molar-refractivity contribution in [2.45, 2.75) is 24.9 Å². The fraction of sp³-hybridized carbons (Fsp3) is 0.267. The lowest BCUT2D eigenvalue weighted by atomic mass is 10.2. The van der Waals surface area contributed by atoms with Crippen molar-refractivity contribution in [3.05, 3.63) is 49.3 Å². The number of rotatable bonds is 6. The molecule has 0 unspecified atom stereocenters. The molecule has 0 atom stereocenters. The van der Waals surface area contributed by atoms with Gasteiger partial charge in [0.15, 0.2) is 5.16 Å². The molecule has 1 amide bonds. The van der Waals surface area contributed by atoms with Gasteiger partial charge < -0.3 is 10.3 Å². The van der Waals surface area contributed by atoms with E-state index in [1.165, 1.54) is 18.2 Å². The molecule has 0 fully saturated rings. The van der Waals surface area contributed by atoms with E-state index < -0.39 is 0 Å². The van der Waals surface area contributed by atoms with Gasteiger partial charge >= 0.3 is 0 Å². The number of hydrogen-bond acceptors (Lipinski definition) is 4. The van der Waals surface area contributed by atoms with E-state index in [0.717, 1.165) is 18.2 Å². The summed E-state index contributed by atoms with van der Waals surface area (Å²) in [5.74, 6) is -0.275. The first-order valence-electron chi connectivity index (χ1n) is 7.06. The molecule has 2 N–H and O–H groups in total. The van der Waals surface area contributed by atoms with Crippen molar-refractivity contribution in [1.29, 1.82) is 0 Å². The Balaban J connectivity index is 2.03. The fourth-order valence-electron chi connectivity index (χ4n) is 1.91. The van der Waals surface area contributed by atoms with Gasteiger partial charge in [0.25, 0.3) is 5.56 Å². The van der Waals surface area contributed by atoms with Crippen LogP contribution in [0, 0.1) is 0 Å². The quantitative estimate of drug-likeness (QED) is 0.550. The number of anilines is 1. The number of nitrogens with zero attached hydrogens (tertiary/aromatic N) is 1. The van der Waals surface area contributed by atoms with Crippen molar-refractivity contribution in [1.82, 2.24) is 9.97 Å². The van der Waals surface area contributed by atoms with Crippen molar-refractivity contribution in [3.8, 4) is 0 Å². The van der Waals surface area contributed by atoms with E-state index in [1.54, 1.807) is 0 Å². The molecule has 0 aliphatic heterocycles. The van der Waals surface area contributed by atoms with E-state index in [9.17, 15) is 9.59 Å². The van der Waals surface area contributed by atoms with Crippen LogP contribution in [0.25, 0.3) is 0 Å². The number of H-pyrrole nitrogens is 1. The zero-order valence-corrected chi connectivity index (χ0v) is 15.7. The molecule has 24 heavy (non-hydrogen) atoms. The number of amides is 1. The second kappa shape index (κ2) is 8.76. The molecular formula is C15H14Cl3N3O2S. The summed E-state index contributed by atoms with van der Waals surface area (Å²) >= 11 is 19.0. The Kier molecular flexibility index (Phi) is 6.98. The molecule has 2 aromatic rings. The molecule has 0 aliphatic rings. The first-order valence-corrected chi connectivity index (χ1v) is 9.18. The lowest BCUT2D eigenvalue weighted by molar-refractivity contribution is -0.113. The molecule has 9 heteroatoms. The van der Waals surface area contributed by atoms with Crippen LogP contribution in [0.2, 0.25) is 15.1 Å². The number of aromatic nitrogens is 2. The van der Waals surface area contributed by atoms with E-state index in [4.69, 9.17) is 34.8 Å². The van der Waals surface area contributed by atoms with Crippen LogP contribution in [0.3, 0.4) is 0 Å². The number of nitrogens with one attached hydrogen (secondary N) is 2. The maximum Gasteiger partial charge on any atom is 0.251 e. The molecule has 0 saturated carbocycles. The molecule has 0 aliphatic carbocycles. The van der Waals surface area contributed by atoms with Crippen LogP contribution in [0.1, 0.15) is 19.0 Å². The van der Waals surface area contributed by atoms with Crippen LogP contribution in [0.4, 0.5) is 5.69 Å². The molecule has 1 heterocycles. The molecule has 0 spiro atoms. The third kappa shape index (κ3) is 5.41. The molecule has 2 rings (SSSR count). The minimum absolute atomic E-state index is 0.0494. The van der Waals surface area contributed by atoms with Gasteiger partial charge in [-0.15, -0.1) is 0 Å². The van der Waals surface area contributed by atoms with E-state index in [0.29, 0.717) is 28.0 Å². The van der Waals surface area contributed by atoms with Gasteiger partial charge in [-0.2, -0.15) is 0 Å². The molecule has 5 nitrogen and oxygen atoms in total. The summed E-state index contributed by atoms with van der Waals surface area (Å²) in [5.41, 5.74) is 0.766. The summed E-state index contributed by atoms with van der Waals surface area (Å²) in [5, 5.41) is 3.91. The Morgan fingerprint density at radius 3 is 2.54 bits per heavy atom. The second-order valence-corrected chi connectivity index (χ2v) is 7.09. The maximum absolute atomic E-state index is 12.1. The standard InChI is InChI=1S/C15H14Cl3N3O2S/c1-2-3-9-6-12(22)21-15(19-9)24-7-13(23)20-14-10(17)4-8(16)5-11(14)18/h4-6H,2-3,7H2,1H3,(H,20,23)(H,19,21,22). The lowest BCUT2D eigenvalue weighted by Gasteiger charge is -2.09. The summed E-state index contributed by atoms with van der Waals surface area (Å²) in [7, 11) is 0. The average Bonchev–Trinajstić information content (AvgIpc) is 2.48. The monoisotopic (exact) mass is 405 g/mol. The predicted octanol–water partition coefficient (Wildman–Crippen LogP) is 4.41. The van der Waals surface area contributed by atoms with Crippen LogP contribution in [0.15, 0.2) is 28.2 Å². The maximum atomic E-state index is 12.1. The summed E-state index contributed by atoms with van der Waals surface area (Å²) in [6.07, 6.45) is 1.59. The van der Waals surface area contributed by atoms with E-state index in [2.05, 4.69) is 15.3 Å². The minimum Gasteiger partial charge on any atom is -0.323 e. The highest BCUT2D eigenvalue weighted by Crippen LogP contribution is 2.33. The Labute approximate surface area is 158 Å². The average molecular weight is 407 g/mol. The fourth-order valence-corrected chi connectivity index (χ4v) is 3.51. The van der Waals surface area contributed by atoms with Gasteiger partial charge in [-0.3, -0.25) is 9.59 Å². The first kappa shape index (κ1) is 19.1. The van der Waals surface area contributed by atoms with E-state index in [1.807, 2.05) is 6.92 Å². The number of benzene rings is 1. The Bertz CT molecular complexity index is 788. The van der Waals surface area contributed by atoms with Crippen molar-refractivity contribution >= 4 is 58.2 Å². The first-order chi connectivity index (χ1) is 11.4. The number of hydrogen-bond donors (Lipinski definition) is 2. The number of aryl methyl sites for hydroxylation is 1. The van der Waals surface area contributed by atoms with Crippen molar-refractivity contribution in [2.75, 3.05) is 11.1 Å². The summed E-state index contributed by atoms with van der Waals surface area (Å²) < 4.78 is 0. The molecule has 0 radical (unpaired) electrons. The van der Waals surface area contributed by atoms with E-state index in [-0.39, 0.29) is 27.3 Å². The number of halogens is 3. The van der Waals surface area contributed by atoms with Crippen molar-refractivity contribution in [2.24, 2.45) is 0 Å². The van der Waals surface area contributed by atoms with Crippen LogP contribution in [-0.4, -0.2) is 21.6 Å². The largest absolute Gasteiger partial charge is 0.323 e. The van der Waals surface area contributed by atoms with Gasteiger partial charge in [-0.1, -0.05) is 59.9 Å². The number of carbonyl (C=O) groups is 1. The van der Waals surface area contributed by atoms with Crippen LogP contribution >= 0.6 is 46.6 Å². The lowest BCUT2D eigenvalue weighted by Crippen LogP contribution is -2.16. The summed E-state index contributed by atoms with van der Waals surface area (Å²) in [4.78, 5) is 30.6.